The summed E-state index contributed by atoms with van der Waals surface area (Å²) in [5, 5.41) is 3.27. The molecule has 0 fully saturated rings. The van der Waals surface area contributed by atoms with Gasteiger partial charge in [0, 0.05) is 37.8 Å². The van der Waals surface area contributed by atoms with Gasteiger partial charge in [-0.05, 0) is 67.8 Å². The van der Waals surface area contributed by atoms with Crippen molar-refractivity contribution >= 4 is 17.4 Å². The molecule has 7 nitrogen and oxygen atoms in total. The Kier molecular flexibility index (Phi) is 6.40. The number of rotatable bonds is 6. The Morgan fingerprint density at radius 3 is 2.47 bits per heavy atom. The smallest absolute Gasteiger partial charge is 0.257 e. The largest absolute Gasteiger partial charge is 0.366 e. The first kappa shape index (κ1) is 25.4. The minimum Gasteiger partial charge on any atom is -0.366 e. The summed E-state index contributed by atoms with van der Waals surface area (Å²) in [7, 11) is 1.42. The van der Waals surface area contributed by atoms with Crippen LogP contribution in [0, 0.1) is 18.6 Å². The van der Waals surface area contributed by atoms with Crippen molar-refractivity contribution in [2.24, 2.45) is 0 Å². The van der Waals surface area contributed by atoms with E-state index in [2.05, 4.69) is 16.2 Å². The molecule has 2 aromatic rings. The first-order valence-electron chi connectivity index (χ1n) is 12.3. The Morgan fingerprint density at radius 2 is 1.79 bits per heavy atom. The number of halogens is 2. The lowest BCUT2D eigenvalue weighted by Crippen LogP contribution is -2.51. The van der Waals surface area contributed by atoms with Crippen LogP contribution >= 0.6 is 0 Å². The highest BCUT2D eigenvalue weighted by Gasteiger charge is 2.38. The molecular weight excluding hydrogens is 488 g/mol. The van der Waals surface area contributed by atoms with Crippen LogP contribution in [0.15, 0.2) is 78.3 Å². The molecule has 0 aliphatic carbocycles. The van der Waals surface area contributed by atoms with Crippen molar-refractivity contribution in [3.05, 3.63) is 112 Å². The second-order valence-corrected chi connectivity index (χ2v) is 10.1. The lowest BCUT2D eigenvalue weighted by Gasteiger charge is -2.34. The van der Waals surface area contributed by atoms with Crippen LogP contribution in [-0.4, -0.2) is 46.8 Å². The van der Waals surface area contributed by atoms with Crippen molar-refractivity contribution in [1.82, 2.24) is 26.0 Å². The summed E-state index contributed by atoms with van der Waals surface area (Å²) in [6, 6.07) is 8.73. The molecule has 9 heteroatoms. The Labute approximate surface area is 220 Å². The third-order valence-electron chi connectivity index (χ3n) is 7.27. The number of hydrogen-bond donors (Lipinski definition) is 3. The van der Waals surface area contributed by atoms with Gasteiger partial charge in [-0.15, -0.1) is 0 Å². The number of hydrogen-bond acceptors (Lipinski definition) is 6. The van der Waals surface area contributed by atoms with Gasteiger partial charge in [0.25, 0.3) is 5.91 Å². The van der Waals surface area contributed by atoms with Gasteiger partial charge in [-0.3, -0.25) is 9.59 Å². The Bertz CT molecular complexity index is 1460. The molecule has 196 valence electrons. The summed E-state index contributed by atoms with van der Waals surface area (Å²) in [5.74, 6) is -2.61. The van der Waals surface area contributed by atoms with Crippen LogP contribution in [0.1, 0.15) is 45.7 Å². The Morgan fingerprint density at radius 1 is 1.05 bits per heavy atom. The average molecular weight is 518 g/mol. The topological polar surface area (TPSA) is 76.7 Å². The molecule has 3 N–H and O–H groups in total. The van der Waals surface area contributed by atoms with E-state index in [1.54, 1.807) is 19.1 Å². The maximum absolute atomic E-state index is 15.4. The number of ketones is 1. The van der Waals surface area contributed by atoms with Crippen LogP contribution in [0.5, 0.6) is 0 Å². The van der Waals surface area contributed by atoms with Gasteiger partial charge in [0.1, 0.15) is 23.3 Å². The van der Waals surface area contributed by atoms with E-state index >= 15 is 4.39 Å². The van der Waals surface area contributed by atoms with E-state index in [1.165, 1.54) is 45.2 Å². The molecule has 38 heavy (non-hydrogen) atoms. The lowest BCUT2D eigenvalue weighted by atomic mass is 9.90. The van der Waals surface area contributed by atoms with Gasteiger partial charge in [-0.2, -0.15) is 0 Å². The number of nitrogens with one attached hydrogen (secondary N) is 3. The molecule has 0 saturated heterocycles. The molecule has 3 aliphatic rings. The van der Waals surface area contributed by atoms with E-state index < -0.39 is 28.9 Å². The van der Waals surface area contributed by atoms with E-state index in [4.69, 9.17) is 0 Å². The number of fused-ring (bicyclic) bond motifs is 1. The van der Waals surface area contributed by atoms with Crippen molar-refractivity contribution in [2.45, 2.75) is 32.5 Å². The van der Waals surface area contributed by atoms with Crippen LogP contribution in [0.2, 0.25) is 0 Å². The average Bonchev–Trinajstić information content (AvgIpc) is 3.57. The molecule has 0 radical (unpaired) electrons. The van der Waals surface area contributed by atoms with Gasteiger partial charge < -0.3 is 20.5 Å². The minimum absolute atomic E-state index is 0.0962. The van der Waals surface area contributed by atoms with Crippen LogP contribution in [0.4, 0.5) is 8.78 Å². The highest BCUT2D eigenvalue weighted by atomic mass is 19.1. The molecule has 3 aliphatic heterocycles. The molecule has 5 rings (SSSR count). The van der Waals surface area contributed by atoms with E-state index in [1.807, 2.05) is 35.7 Å². The van der Waals surface area contributed by atoms with Crippen molar-refractivity contribution in [1.29, 1.82) is 0 Å². The zero-order valence-electron chi connectivity index (χ0n) is 21.6. The van der Waals surface area contributed by atoms with Crippen molar-refractivity contribution in [3.63, 3.8) is 0 Å². The maximum Gasteiger partial charge on any atom is 0.257 e. The molecule has 3 heterocycles. The van der Waals surface area contributed by atoms with E-state index in [-0.39, 0.29) is 17.3 Å². The molecule has 0 saturated carbocycles. The number of likely N-dealkylation sites (N-methyl/N-ethyl adjacent to an activating group) is 1. The summed E-state index contributed by atoms with van der Waals surface area (Å²) in [5.41, 5.74) is 8.48. The third-order valence-corrected chi connectivity index (χ3v) is 7.27. The second-order valence-electron chi connectivity index (χ2n) is 10.1. The van der Waals surface area contributed by atoms with Gasteiger partial charge in [-0.25, -0.2) is 14.2 Å². The summed E-state index contributed by atoms with van der Waals surface area (Å²) in [6.07, 6.45) is 9.68. The van der Waals surface area contributed by atoms with Gasteiger partial charge in [0.15, 0.2) is 5.78 Å². The number of Topliss-reactive ketones (excluding diaryl/α,β-unsaturated/α-hetero) is 1. The molecule has 0 aromatic heterocycles. The number of nitrogens with zero attached hydrogens (tertiary/aromatic N) is 2. The number of hydrazine groups is 1. The van der Waals surface area contributed by atoms with Crippen molar-refractivity contribution < 1.29 is 18.4 Å². The second kappa shape index (κ2) is 9.57. The zero-order valence-corrected chi connectivity index (χ0v) is 21.6. The van der Waals surface area contributed by atoms with Crippen molar-refractivity contribution in [3.8, 4) is 0 Å². The van der Waals surface area contributed by atoms with E-state index in [9.17, 15) is 14.0 Å². The summed E-state index contributed by atoms with van der Waals surface area (Å²) in [4.78, 5) is 29.6. The fourth-order valence-electron chi connectivity index (χ4n) is 4.67. The Balaban J connectivity index is 1.37. The van der Waals surface area contributed by atoms with Gasteiger partial charge in [-0.1, -0.05) is 18.2 Å². The number of amides is 1. The fourth-order valence-corrected chi connectivity index (χ4v) is 4.67. The molecule has 1 atom stereocenters. The van der Waals surface area contributed by atoms with Gasteiger partial charge in [0.05, 0.1) is 16.8 Å². The fraction of sp³-hybridized carbons (Fsp3) is 0.241. The number of carbonyl (C=O) groups is 2. The highest BCUT2D eigenvalue weighted by molar-refractivity contribution is 6.06. The molecular formula is C29H29F2N5O2. The number of allylic oxidation sites excluding steroid dienone is 1. The lowest BCUT2D eigenvalue weighted by molar-refractivity contribution is 0.0535. The van der Waals surface area contributed by atoms with Crippen LogP contribution < -0.4 is 16.2 Å². The minimum atomic E-state index is -1.41. The quantitative estimate of drug-likeness (QED) is 0.504. The normalized spacial score (nSPS) is 18.2. The van der Waals surface area contributed by atoms with E-state index in [0.29, 0.717) is 17.7 Å². The molecule has 0 spiro atoms. The van der Waals surface area contributed by atoms with Gasteiger partial charge >= 0.3 is 0 Å². The summed E-state index contributed by atoms with van der Waals surface area (Å²) >= 11 is 0. The number of carbonyl (C=O) groups excluding carboxylic acids is 2. The molecule has 1 unspecified atom stereocenters. The van der Waals surface area contributed by atoms with Crippen LogP contribution in [0.25, 0.3) is 5.70 Å². The molecule has 0 bridgehead atoms. The van der Waals surface area contributed by atoms with Crippen molar-refractivity contribution in [2.75, 3.05) is 13.6 Å². The van der Waals surface area contributed by atoms with Crippen LogP contribution in [0.3, 0.4) is 0 Å². The third kappa shape index (κ3) is 4.39. The molecule has 2 aromatic carbocycles. The maximum atomic E-state index is 15.4. The predicted molar refractivity (Wildman–Crippen MR) is 141 cm³/mol. The standard InChI is InChI=1S/C29H29F2N5O2/c1-17-5-8-21(23(30)11-17)27(37)29(2,3)35(4)28(38)22-9-6-18(12-24(22)31)25-15-32-26-10-7-19(16-36(25)26)20-13-33-34-14-20/h5-13,15-16,26,32-34H,14H2,1-4H3. The first-order chi connectivity index (χ1) is 18.1. The first-order valence-corrected chi connectivity index (χ1v) is 12.3. The monoisotopic (exact) mass is 517 g/mol. The number of benzene rings is 2. The molecule has 1 amide bonds. The predicted octanol–water partition coefficient (Wildman–Crippen LogP) is 3.98. The van der Waals surface area contributed by atoms with E-state index in [0.717, 1.165) is 21.7 Å². The summed E-state index contributed by atoms with van der Waals surface area (Å²) < 4.78 is 29.9. The summed E-state index contributed by atoms with van der Waals surface area (Å²) in [6.45, 7) is 5.45. The zero-order chi connectivity index (χ0) is 27.2. The highest BCUT2D eigenvalue weighted by Crippen LogP contribution is 2.32. The van der Waals surface area contributed by atoms with Crippen LogP contribution in [-0.2, 0) is 0 Å². The van der Waals surface area contributed by atoms with Gasteiger partial charge in [0.2, 0.25) is 0 Å². The number of aryl methyl sites for hydroxylation is 1. The Hall–Kier alpha value is -4.24. The SMILES string of the molecule is Cc1ccc(C(=O)C(C)(C)N(C)C(=O)c2ccc(C3=CNC4C=CC(C5=CNNC5)=CN34)cc2F)c(F)c1.